The number of carboxylic acids is 1. The van der Waals surface area contributed by atoms with Gasteiger partial charge in [0.1, 0.15) is 0 Å². The largest absolute Gasteiger partial charge is 0.481 e. The number of amides is 1. The van der Waals surface area contributed by atoms with Gasteiger partial charge in [-0.05, 0) is 23.8 Å². The number of hydrogen-bond donors (Lipinski definition) is 2. The van der Waals surface area contributed by atoms with Crippen LogP contribution in [0.1, 0.15) is 45.6 Å². The van der Waals surface area contributed by atoms with Gasteiger partial charge in [-0.15, -0.1) is 0 Å². The summed E-state index contributed by atoms with van der Waals surface area (Å²) in [5.41, 5.74) is 1.09. The Morgan fingerprint density at radius 1 is 1.19 bits per heavy atom. The maximum atomic E-state index is 12.0. The summed E-state index contributed by atoms with van der Waals surface area (Å²) in [6, 6.07) is 9.48. The van der Waals surface area contributed by atoms with Crippen LogP contribution >= 0.6 is 0 Å². The Labute approximate surface area is 126 Å². The minimum absolute atomic E-state index is 0.0210. The highest BCUT2D eigenvalue weighted by molar-refractivity contribution is 5.77. The van der Waals surface area contributed by atoms with E-state index in [9.17, 15) is 9.59 Å². The molecular formula is C17H25NO3. The molecule has 21 heavy (non-hydrogen) atoms. The molecule has 0 fully saturated rings. The number of benzene rings is 1. The number of carbonyl (C=O) groups excluding carboxylic acids is 1. The van der Waals surface area contributed by atoms with Gasteiger partial charge in [-0.2, -0.15) is 0 Å². The number of hydrogen-bond acceptors (Lipinski definition) is 2. The van der Waals surface area contributed by atoms with Gasteiger partial charge in [0.15, 0.2) is 0 Å². The highest BCUT2D eigenvalue weighted by atomic mass is 16.4. The van der Waals surface area contributed by atoms with E-state index in [2.05, 4.69) is 5.32 Å². The summed E-state index contributed by atoms with van der Waals surface area (Å²) in [4.78, 5) is 22.9. The third kappa shape index (κ3) is 8.12. The zero-order valence-electron chi connectivity index (χ0n) is 13.1. The predicted octanol–water partition coefficient (Wildman–Crippen LogP) is 3.01. The van der Waals surface area contributed by atoms with Crippen LogP contribution in [0.3, 0.4) is 0 Å². The Balaban J connectivity index is 2.49. The van der Waals surface area contributed by atoms with Crippen LogP contribution < -0.4 is 5.32 Å². The molecule has 0 radical (unpaired) electrons. The number of rotatable bonds is 7. The first-order chi connectivity index (χ1) is 9.76. The Morgan fingerprint density at radius 2 is 1.81 bits per heavy atom. The molecule has 4 nitrogen and oxygen atoms in total. The molecule has 0 aliphatic carbocycles. The summed E-state index contributed by atoms with van der Waals surface area (Å²) in [7, 11) is 0. The summed E-state index contributed by atoms with van der Waals surface area (Å²) in [6.45, 7) is 6.12. The van der Waals surface area contributed by atoms with Crippen molar-refractivity contribution in [3.63, 3.8) is 0 Å². The van der Waals surface area contributed by atoms with E-state index in [-0.39, 0.29) is 23.8 Å². The van der Waals surface area contributed by atoms with Gasteiger partial charge in [-0.3, -0.25) is 9.59 Å². The molecule has 116 valence electrons. The highest BCUT2D eigenvalue weighted by Gasteiger charge is 2.22. The van der Waals surface area contributed by atoms with E-state index < -0.39 is 5.97 Å². The lowest BCUT2D eigenvalue weighted by atomic mass is 9.87. The first-order valence-corrected chi connectivity index (χ1v) is 7.31. The van der Waals surface area contributed by atoms with Gasteiger partial charge in [0, 0.05) is 12.5 Å². The summed E-state index contributed by atoms with van der Waals surface area (Å²) in [5, 5.41) is 11.8. The van der Waals surface area contributed by atoms with Crippen LogP contribution in [0.5, 0.6) is 0 Å². The molecule has 0 spiro atoms. The first kappa shape index (κ1) is 17.2. The summed E-state index contributed by atoms with van der Waals surface area (Å²) >= 11 is 0. The molecule has 1 rings (SSSR count). The van der Waals surface area contributed by atoms with Gasteiger partial charge >= 0.3 is 5.97 Å². The lowest BCUT2D eigenvalue weighted by Gasteiger charge is -2.25. The molecule has 0 aromatic heterocycles. The topological polar surface area (TPSA) is 66.4 Å². The zero-order valence-corrected chi connectivity index (χ0v) is 13.1. The average Bonchev–Trinajstić information content (AvgIpc) is 2.34. The predicted molar refractivity (Wildman–Crippen MR) is 83.0 cm³/mol. The van der Waals surface area contributed by atoms with Gasteiger partial charge in [0.25, 0.3) is 0 Å². The van der Waals surface area contributed by atoms with Gasteiger partial charge in [-0.25, -0.2) is 0 Å². The molecule has 1 atom stereocenters. The van der Waals surface area contributed by atoms with E-state index in [1.54, 1.807) is 0 Å². The third-order valence-electron chi connectivity index (χ3n) is 3.13. The van der Waals surface area contributed by atoms with Gasteiger partial charge in [0.2, 0.25) is 5.91 Å². The number of carboxylic acid groups (broad SMARTS) is 1. The normalized spacial score (nSPS) is 12.7. The summed E-state index contributed by atoms with van der Waals surface area (Å²) in [6.07, 6.45) is 1.66. The molecule has 1 unspecified atom stereocenters. The van der Waals surface area contributed by atoms with Crippen molar-refractivity contribution >= 4 is 11.9 Å². The van der Waals surface area contributed by atoms with Crippen molar-refractivity contribution in [3.8, 4) is 0 Å². The summed E-state index contributed by atoms with van der Waals surface area (Å²) < 4.78 is 0. The molecule has 1 aromatic carbocycles. The van der Waals surface area contributed by atoms with Gasteiger partial charge in [-0.1, -0.05) is 51.1 Å². The number of aryl methyl sites for hydroxylation is 1. The SMILES string of the molecule is CC(C)(C)CC(CC(=O)O)NC(=O)CCc1ccccc1. The molecular weight excluding hydrogens is 266 g/mol. The van der Waals surface area contributed by atoms with Crippen molar-refractivity contribution in [2.45, 2.75) is 52.5 Å². The van der Waals surface area contributed by atoms with E-state index in [1.807, 2.05) is 51.1 Å². The van der Waals surface area contributed by atoms with Crippen molar-refractivity contribution in [1.82, 2.24) is 5.32 Å². The molecule has 0 heterocycles. The van der Waals surface area contributed by atoms with Crippen molar-refractivity contribution in [1.29, 1.82) is 0 Å². The first-order valence-electron chi connectivity index (χ1n) is 7.31. The molecule has 0 aliphatic rings. The van der Waals surface area contributed by atoms with Crippen LogP contribution in [0.4, 0.5) is 0 Å². The van der Waals surface area contributed by atoms with Crippen LogP contribution in [-0.4, -0.2) is 23.0 Å². The molecule has 0 saturated carbocycles. The minimum Gasteiger partial charge on any atom is -0.481 e. The minimum atomic E-state index is -0.882. The van der Waals surface area contributed by atoms with Crippen molar-refractivity contribution in [2.24, 2.45) is 5.41 Å². The van der Waals surface area contributed by atoms with Crippen molar-refractivity contribution in [2.75, 3.05) is 0 Å². The molecule has 0 bridgehead atoms. The van der Waals surface area contributed by atoms with Gasteiger partial charge in [0.05, 0.1) is 6.42 Å². The van der Waals surface area contributed by atoms with E-state index in [4.69, 9.17) is 5.11 Å². The van der Waals surface area contributed by atoms with E-state index in [1.165, 1.54) is 0 Å². The van der Waals surface area contributed by atoms with E-state index in [0.29, 0.717) is 19.3 Å². The second-order valence-electron chi connectivity index (χ2n) is 6.61. The van der Waals surface area contributed by atoms with Gasteiger partial charge < -0.3 is 10.4 Å². The Kier molecular flexibility index (Phi) is 6.40. The Bertz CT molecular complexity index is 463. The monoisotopic (exact) mass is 291 g/mol. The van der Waals surface area contributed by atoms with Crippen LogP contribution in [0.15, 0.2) is 30.3 Å². The standard InChI is InChI=1S/C17H25NO3/c1-17(2,3)12-14(11-16(20)21)18-15(19)10-9-13-7-5-4-6-8-13/h4-8,14H,9-12H2,1-3H3,(H,18,19)(H,20,21). The zero-order chi connectivity index (χ0) is 15.9. The Hall–Kier alpha value is -1.84. The molecule has 2 N–H and O–H groups in total. The van der Waals surface area contributed by atoms with E-state index in [0.717, 1.165) is 5.56 Å². The van der Waals surface area contributed by atoms with Crippen LogP contribution in [0.2, 0.25) is 0 Å². The van der Waals surface area contributed by atoms with Crippen molar-refractivity contribution in [3.05, 3.63) is 35.9 Å². The number of carbonyl (C=O) groups is 2. The lowest BCUT2D eigenvalue weighted by molar-refractivity contribution is -0.137. The third-order valence-corrected chi connectivity index (χ3v) is 3.13. The van der Waals surface area contributed by atoms with Crippen LogP contribution in [-0.2, 0) is 16.0 Å². The Morgan fingerprint density at radius 3 is 2.33 bits per heavy atom. The molecule has 0 saturated heterocycles. The van der Waals surface area contributed by atoms with Crippen LogP contribution in [0, 0.1) is 5.41 Å². The quantitative estimate of drug-likeness (QED) is 0.811. The second-order valence-corrected chi connectivity index (χ2v) is 6.61. The molecule has 4 heteroatoms. The molecule has 1 amide bonds. The van der Waals surface area contributed by atoms with E-state index >= 15 is 0 Å². The highest BCUT2D eigenvalue weighted by Crippen LogP contribution is 2.22. The average molecular weight is 291 g/mol. The fourth-order valence-electron chi connectivity index (χ4n) is 2.33. The fraction of sp³-hybridized carbons (Fsp3) is 0.529. The lowest BCUT2D eigenvalue weighted by Crippen LogP contribution is -2.39. The smallest absolute Gasteiger partial charge is 0.305 e. The maximum absolute atomic E-state index is 12.0. The molecule has 0 aliphatic heterocycles. The molecule has 1 aromatic rings. The maximum Gasteiger partial charge on any atom is 0.305 e. The number of aliphatic carboxylic acids is 1. The van der Waals surface area contributed by atoms with Crippen LogP contribution in [0.25, 0.3) is 0 Å². The number of nitrogens with one attached hydrogen (secondary N) is 1. The summed E-state index contributed by atoms with van der Waals surface area (Å²) in [5.74, 6) is -0.970. The van der Waals surface area contributed by atoms with Crippen molar-refractivity contribution < 1.29 is 14.7 Å². The second kappa shape index (κ2) is 7.81. The fourth-order valence-corrected chi connectivity index (χ4v) is 2.33.